The van der Waals surface area contributed by atoms with E-state index in [9.17, 15) is 9.59 Å². The summed E-state index contributed by atoms with van der Waals surface area (Å²) in [6.07, 6.45) is 4.22. The van der Waals surface area contributed by atoms with Gasteiger partial charge in [0.05, 0.1) is 23.1 Å². The van der Waals surface area contributed by atoms with Gasteiger partial charge < -0.3 is 20.5 Å². The molecule has 3 amide bonds. The van der Waals surface area contributed by atoms with Crippen LogP contribution < -0.4 is 16.0 Å². The molecule has 4 rings (SSSR count). The second-order valence-electron chi connectivity index (χ2n) is 7.54. The second kappa shape index (κ2) is 8.43. The van der Waals surface area contributed by atoms with E-state index in [2.05, 4.69) is 31.6 Å². The molecule has 3 atom stereocenters. The third kappa shape index (κ3) is 4.11. The largest absolute Gasteiger partial charge is 0.356 e. The SMILES string of the molecule is Cn1c(CCNC(=O)CCCCC2SCC3NC(=O)NC32)nc2ccccc21. The van der Waals surface area contributed by atoms with Crippen LogP contribution in [0.2, 0.25) is 0 Å². The van der Waals surface area contributed by atoms with Gasteiger partial charge in [-0.3, -0.25) is 4.79 Å². The van der Waals surface area contributed by atoms with Gasteiger partial charge in [-0.1, -0.05) is 18.6 Å². The summed E-state index contributed by atoms with van der Waals surface area (Å²) in [5.41, 5.74) is 2.11. The summed E-state index contributed by atoms with van der Waals surface area (Å²) < 4.78 is 2.09. The van der Waals surface area contributed by atoms with E-state index in [0.717, 1.165) is 48.3 Å². The van der Waals surface area contributed by atoms with E-state index in [-0.39, 0.29) is 24.0 Å². The highest BCUT2D eigenvalue weighted by Crippen LogP contribution is 2.33. The Morgan fingerprint density at radius 3 is 3.04 bits per heavy atom. The number of fused-ring (bicyclic) bond motifs is 2. The quantitative estimate of drug-likeness (QED) is 0.466. The summed E-state index contributed by atoms with van der Waals surface area (Å²) in [4.78, 5) is 28.1. The maximum atomic E-state index is 12.1. The van der Waals surface area contributed by atoms with Crippen LogP contribution in [0, 0.1) is 0 Å². The summed E-state index contributed by atoms with van der Waals surface area (Å²) in [6, 6.07) is 8.55. The van der Waals surface area contributed by atoms with Crippen LogP contribution in [0.4, 0.5) is 4.79 Å². The summed E-state index contributed by atoms with van der Waals surface area (Å²) in [5, 5.41) is 9.45. The molecule has 0 radical (unpaired) electrons. The molecule has 2 saturated heterocycles. The summed E-state index contributed by atoms with van der Waals surface area (Å²) in [6.45, 7) is 0.607. The van der Waals surface area contributed by atoms with Gasteiger partial charge in [0.2, 0.25) is 5.91 Å². The van der Waals surface area contributed by atoms with Crippen molar-refractivity contribution >= 4 is 34.7 Å². The van der Waals surface area contributed by atoms with Gasteiger partial charge >= 0.3 is 6.03 Å². The smallest absolute Gasteiger partial charge is 0.315 e. The van der Waals surface area contributed by atoms with Crippen LogP contribution in [-0.2, 0) is 18.3 Å². The van der Waals surface area contributed by atoms with Crippen LogP contribution in [0.1, 0.15) is 31.5 Å². The zero-order chi connectivity index (χ0) is 19.5. The molecule has 3 N–H and O–H groups in total. The number of carbonyl (C=O) groups is 2. The lowest BCUT2D eigenvalue weighted by atomic mass is 10.0. The number of nitrogens with zero attached hydrogens (tertiary/aromatic N) is 2. The molecule has 2 fully saturated rings. The van der Waals surface area contributed by atoms with Crippen LogP contribution in [0.25, 0.3) is 11.0 Å². The monoisotopic (exact) mass is 401 g/mol. The molecule has 28 heavy (non-hydrogen) atoms. The topological polar surface area (TPSA) is 88.0 Å². The molecule has 1 aromatic heterocycles. The van der Waals surface area contributed by atoms with Crippen LogP contribution in [-0.4, -0.2) is 51.1 Å². The van der Waals surface area contributed by atoms with Gasteiger partial charge in [0.25, 0.3) is 0 Å². The molecule has 0 spiro atoms. The second-order valence-corrected chi connectivity index (χ2v) is 8.82. The molecule has 0 aliphatic carbocycles. The fourth-order valence-electron chi connectivity index (χ4n) is 4.10. The number of carbonyl (C=O) groups excluding carboxylic acids is 2. The minimum Gasteiger partial charge on any atom is -0.356 e. The van der Waals surface area contributed by atoms with Gasteiger partial charge in [-0.25, -0.2) is 9.78 Å². The Morgan fingerprint density at radius 1 is 1.32 bits per heavy atom. The Kier molecular flexibility index (Phi) is 5.75. The molecule has 2 aliphatic heterocycles. The van der Waals surface area contributed by atoms with Crippen molar-refractivity contribution in [3.63, 3.8) is 0 Å². The molecule has 7 nitrogen and oxygen atoms in total. The van der Waals surface area contributed by atoms with Crippen molar-refractivity contribution in [2.24, 2.45) is 7.05 Å². The molecule has 2 aromatic rings. The molecule has 150 valence electrons. The number of hydrogen-bond acceptors (Lipinski definition) is 4. The van der Waals surface area contributed by atoms with Crippen LogP contribution in [0.5, 0.6) is 0 Å². The number of benzene rings is 1. The maximum absolute atomic E-state index is 12.1. The third-order valence-corrected chi connectivity index (χ3v) is 7.14. The van der Waals surface area contributed by atoms with Crippen LogP contribution in [0.3, 0.4) is 0 Å². The number of amides is 3. The van der Waals surface area contributed by atoms with E-state index in [1.807, 2.05) is 37.0 Å². The number of hydrogen-bond donors (Lipinski definition) is 3. The number of aromatic nitrogens is 2. The average Bonchev–Trinajstić information content (AvgIpc) is 3.33. The first-order valence-electron chi connectivity index (χ1n) is 9.97. The van der Waals surface area contributed by atoms with Gasteiger partial charge in [-0.05, 0) is 25.0 Å². The lowest BCUT2D eigenvalue weighted by molar-refractivity contribution is -0.121. The Morgan fingerprint density at radius 2 is 2.18 bits per heavy atom. The predicted octanol–water partition coefficient (Wildman–Crippen LogP) is 1.96. The lowest BCUT2D eigenvalue weighted by Gasteiger charge is -2.16. The molecule has 0 saturated carbocycles. The van der Waals surface area contributed by atoms with E-state index >= 15 is 0 Å². The van der Waals surface area contributed by atoms with Crippen molar-refractivity contribution in [3.8, 4) is 0 Å². The molecular formula is C20H27N5O2S. The van der Waals surface area contributed by atoms with Crippen molar-refractivity contribution in [1.82, 2.24) is 25.5 Å². The first kappa shape index (κ1) is 19.1. The highest BCUT2D eigenvalue weighted by molar-refractivity contribution is 8.00. The summed E-state index contributed by atoms with van der Waals surface area (Å²) >= 11 is 1.92. The first-order chi connectivity index (χ1) is 13.6. The van der Waals surface area contributed by atoms with Crippen molar-refractivity contribution in [2.75, 3.05) is 12.3 Å². The van der Waals surface area contributed by atoms with Gasteiger partial charge in [0, 0.05) is 37.4 Å². The molecular weight excluding hydrogens is 374 g/mol. The zero-order valence-corrected chi connectivity index (χ0v) is 16.9. The van der Waals surface area contributed by atoms with Gasteiger partial charge in [-0.15, -0.1) is 0 Å². The van der Waals surface area contributed by atoms with E-state index in [1.165, 1.54) is 0 Å². The van der Waals surface area contributed by atoms with E-state index in [1.54, 1.807) is 0 Å². The normalized spacial score (nSPS) is 23.5. The Labute approximate surface area is 169 Å². The number of aryl methyl sites for hydroxylation is 1. The Bertz CT molecular complexity index is 867. The number of imidazole rings is 1. The van der Waals surface area contributed by atoms with Gasteiger partial charge in [0.1, 0.15) is 5.82 Å². The molecule has 0 bridgehead atoms. The summed E-state index contributed by atoms with van der Waals surface area (Å²) in [5.74, 6) is 2.07. The number of para-hydroxylation sites is 2. The van der Waals surface area contributed by atoms with E-state index in [4.69, 9.17) is 0 Å². The first-order valence-corrected chi connectivity index (χ1v) is 11.0. The molecule has 2 aliphatic rings. The minimum atomic E-state index is -0.0414. The Hall–Kier alpha value is -2.22. The number of unbranched alkanes of at least 4 members (excludes halogenated alkanes) is 1. The number of thioether (sulfide) groups is 1. The highest BCUT2D eigenvalue weighted by Gasteiger charge is 2.42. The van der Waals surface area contributed by atoms with Crippen molar-refractivity contribution in [3.05, 3.63) is 30.1 Å². The predicted molar refractivity (Wildman–Crippen MR) is 111 cm³/mol. The van der Waals surface area contributed by atoms with Crippen LogP contribution in [0.15, 0.2) is 24.3 Å². The number of rotatable bonds is 8. The van der Waals surface area contributed by atoms with Crippen LogP contribution >= 0.6 is 11.8 Å². The van der Waals surface area contributed by atoms with Crippen molar-refractivity contribution in [2.45, 2.75) is 49.4 Å². The summed E-state index contributed by atoms with van der Waals surface area (Å²) in [7, 11) is 2.01. The van der Waals surface area contributed by atoms with Crippen molar-refractivity contribution < 1.29 is 9.59 Å². The molecule has 3 unspecified atom stereocenters. The molecule has 1 aromatic carbocycles. The number of nitrogens with one attached hydrogen (secondary N) is 3. The van der Waals surface area contributed by atoms with E-state index < -0.39 is 0 Å². The lowest BCUT2D eigenvalue weighted by Crippen LogP contribution is -2.36. The minimum absolute atomic E-state index is 0.0414. The number of urea groups is 1. The fraction of sp³-hybridized carbons (Fsp3) is 0.550. The fourth-order valence-corrected chi connectivity index (χ4v) is 5.64. The molecule has 8 heteroatoms. The van der Waals surface area contributed by atoms with Gasteiger partial charge in [-0.2, -0.15) is 11.8 Å². The van der Waals surface area contributed by atoms with E-state index in [0.29, 0.717) is 18.2 Å². The standard InChI is InChI=1S/C20H27N5O2S/c1-25-15-7-3-2-6-13(15)22-17(25)10-11-21-18(26)9-5-4-8-16-19-14(12-28-16)23-20(27)24-19/h2-3,6-7,14,16,19H,4-5,8-12H2,1H3,(H,21,26)(H2,23,24,27). The third-order valence-electron chi connectivity index (χ3n) is 5.63. The zero-order valence-electron chi connectivity index (χ0n) is 16.1. The molecule has 3 heterocycles. The highest BCUT2D eigenvalue weighted by atomic mass is 32.2. The average molecular weight is 402 g/mol. The Balaban J connectivity index is 1.13. The van der Waals surface area contributed by atoms with Crippen molar-refractivity contribution in [1.29, 1.82) is 0 Å². The maximum Gasteiger partial charge on any atom is 0.315 e. The van der Waals surface area contributed by atoms with Gasteiger partial charge in [0.15, 0.2) is 0 Å².